The number of carbonyl (C=O) groups excluding carboxylic acids is 1. The molecule has 0 aliphatic carbocycles. The van der Waals surface area contributed by atoms with Gasteiger partial charge in [-0.05, 0) is 24.5 Å². The van der Waals surface area contributed by atoms with Gasteiger partial charge in [0.1, 0.15) is 5.75 Å². The van der Waals surface area contributed by atoms with Crippen LogP contribution in [0.25, 0.3) is 0 Å². The summed E-state index contributed by atoms with van der Waals surface area (Å²) in [7, 11) is 1.55. The lowest BCUT2D eigenvalue weighted by Crippen LogP contribution is -2.19. The van der Waals surface area contributed by atoms with Crippen LogP contribution in [-0.2, 0) is 4.79 Å². The molecule has 1 aromatic rings. The van der Waals surface area contributed by atoms with Crippen LogP contribution in [0, 0.1) is 5.92 Å². The predicted octanol–water partition coefficient (Wildman–Crippen LogP) is 2.99. The van der Waals surface area contributed by atoms with Gasteiger partial charge >= 0.3 is 0 Å². The number of ether oxygens (including phenoxy) is 1. The molecule has 20 heavy (non-hydrogen) atoms. The van der Waals surface area contributed by atoms with E-state index in [1.807, 2.05) is 26.0 Å². The van der Waals surface area contributed by atoms with E-state index in [4.69, 9.17) is 4.74 Å². The molecule has 0 aliphatic rings. The second kappa shape index (κ2) is 7.70. The van der Waals surface area contributed by atoms with Crippen LogP contribution in [0.15, 0.2) is 36.4 Å². The smallest absolute Gasteiger partial charge is 0.251 e. The summed E-state index contributed by atoms with van der Waals surface area (Å²) in [4.78, 5) is 12.0. The van der Waals surface area contributed by atoms with E-state index in [1.54, 1.807) is 19.2 Å². The summed E-state index contributed by atoms with van der Waals surface area (Å²) in [6.07, 6.45) is 0.394. The fourth-order valence-corrected chi connectivity index (χ4v) is 1.96. The highest BCUT2D eigenvalue weighted by atomic mass is 16.5. The van der Waals surface area contributed by atoms with Crippen LogP contribution < -0.4 is 10.1 Å². The minimum absolute atomic E-state index is 0.277. The van der Waals surface area contributed by atoms with E-state index in [2.05, 4.69) is 11.9 Å². The molecule has 1 aromatic carbocycles. The van der Waals surface area contributed by atoms with Crippen LogP contribution in [0.3, 0.4) is 0 Å². The highest BCUT2D eigenvalue weighted by molar-refractivity contribution is 6.04. The number of rotatable bonds is 7. The van der Waals surface area contributed by atoms with Gasteiger partial charge in [-0.25, -0.2) is 0 Å². The zero-order valence-electron chi connectivity index (χ0n) is 12.3. The van der Waals surface area contributed by atoms with Crippen molar-refractivity contribution in [2.45, 2.75) is 32.8 Å². The summed E-state index contributed by atoms with van der Waals surface area (Å²) >= 11 is 0. The molecule has 0 spiro atoms. The number of nitrogens with one attached hydrogen (secondary N) is 1. The van der Waals surface area contributed by atoms with Gasteiger partial charge in [-0.15, -0.1) is 0 Å². The van der Waals surface area contributed by atoms with E-state index in [0.717, 1.165) is 0 Å². The monoisotopic (exact) mass is 277 g/mol. The Kier molecular flexibility index (Phi) is 6.25. The van der Waals surface area contributed by atoms with Gasteiger partial charge in [-0.3, -0.25) is 4.79 Å². The van der Waals surface area contributed by atoms with Gasteiger partial charge in [0, 0.05) is 12.0 Å². The molecule has 0 aliphatic heterocycles. The van der Waals surface area contributed by atoms with Gasteiger partial charge < -0.3 is 15.2 Å². The van der Waals surface area contributed by atoms with Crippen molar-refractivity contribution in [1.82, 2.24) is 0 Å². The zero-order chi connectivity index (χ0) is 15.1. The maximum absolute atomic E-state index is 12.0. The second-order valence-electron chi connectivity index (χ2n) is 5.25. The molecular weight excluding hydrogens is 254 g/mol. The fraction of sp³-hybridized carbons (Fsp3) is 0.438. The molecule has 110 valence electrons. The van der Waals surface area contributed by atoms with Crippen LogP contribution in [0.1, 0.15) is 26.7 Å². The molecule has 0 bridgehead atoms. The third-order valence-electron chi connectivity index (χ3n) is 2.90. The van der Waals surface area contributed by atoms with Crippen molar-refractivity contribution in [3.05, 3.63) is 36.4 Å². The van der Waals surface area contributed by atoms with Crippen LogP contribution in [0.2, 0.25) is 0 Å². The summed E-state index contributed by atoms with van der Waals surface area (Å²) < 4.78 is 5.17. The van der Waals surface area contributed by atoms with Gasteiger partial charge in [0.25, 0.3) is 5.91 Å². The van der Waals surface area contributed by atoms with Crippen molar-refractivity contribution < 1.29 is 14.6 Å². The van der Waals surface area contributed by atoms with Crippen LogP contribution in [-0.4, -0.2) is 24.2 Å². The van der Waals surface area contributed by atoms with Crippen molar-refractivity contribution in [3.63, 3.8) is 0 Å². The van der Waals surface area contributed by atoms with Gasteiger partial charge in [-0.1, -0.05) is 32.6 Å². The normalized spacial score (nSPS) is 12.1. The predicted molar refractivity (Wildman–Crippen MR) is 80.8 cm³/mol. The summed E-state index contributed by atoms with van der Waals surface area (Å²) in [6.45, 7) is 7.80. The number of hydrogen-bond acceptors (Lipinski definition) is 3. The fourth-order valence-electron chi connectivity index (χ4n) is 1.96. The number of benzene rings is 1. The number of aliphatic hydroxyl groups excluding tert-OH is 1. The van der Waals surface area contributed by atoms with Gasteiger partial charge in [0.15, 0.2) is 0 Å². The molecule has 0 aromatic heterocycles. The Morgan fingerprint density at radius 1 is 1.40 bits per heavy atom. The first-order valence-corrected chi connectivity index (χ1v) is 6.74. The Morgan fingerprint density at radius 3 is 2.65 bits per heavy atom. The van der Waals surface area contributed by atoms with Crippen molar-refractivity contribution in [2.75, 3.05) is 12.4 Å². The largest absolute Gasteiger partial charge is 0.495 e. The molecule has 0 heterocycles. The van der Waals surface area contributed by atoms with E-state index in [9.17, 15) is 9.90 Å². The molecule has 1 rings (SSSR count). The van der Waals surface area contributed by atoms with Crippen molar-refractivity contribution in [3.8, 4) is 5.75 Å². The van der Waals surface area contributed by atoms with Crippen LogP contribution >= 0.6 is 0 Å². The number of hydrogen-bond donors (Lipinski definition) is 2. The highest BCUT2D eigenvalue weighted by Crippen LogP contribution is 2.24. The van der Waals surface area contributed by atoms with E-state index < -0.39 is 6.10 Å². The summed E-state index contributed by atoms with van der Waals surface area (Å²) in [5, 5.41) is 12.6. The van der Waals surface area contributed by atoms with E-state index in [-0.39, 0.29) is 12.3 Å². The number of amides is 1. The molecule has 0 radical (unpaired) electrons. The lowest BCUT2D eigenvalue weighted by Gasteiger charge is -2.15. The maximum Gasteiger partial charge on any atom is 0.251 e. The summed E-state index contributed by atoms with van der Waals surface area (Å²) in [5.74, 6) is 0.684. The van der Waals surface area contributed by atoms with E-state index >= 15 is 0 Å². The SMILES string of the molecule is C=C(CC(O)CC(C)C)C(=O)Nc1ccccc1OC. The standard InChI is InChI=1S/C16H23NO3/c1-11(2)9-13(18)10-12(3)16(19)17-14-7-5-6-8-15(14)20-4/h5-8,11,13,18H,3,9-10H2,1-2,4H3,(H,17,19). The van der Waals surface area contributed by atoms with Crippen LogP contribution in [0.4, 0.5) is 5.69 Å². The average molecular weight is 277 g/mol. The number of para-hydroxylation sites is 2. The molecule has 0 saturated carbocycles. The quantitative estimate of drug-likeness (QED) is 0.753. The maximum atomic E-state index is 12.0. The molecule has 1 amide bonds. The van der Waals surface area contributed by atoms with Gasteiger partial charge in [-0.2, -0.15) is 0 Å². The number of aliphatic hydroxyl groups is 1. The minimum Gasteiger partial charge on any atom is -0.495 e. The third-order valence-corrected chi connectivity index (χ3v) is 2.90. The van der Waals surface area contributed by atoms with Crippen LogP contribution in [0.5, 0.6) is 5.75 Å². The molecular formula is C16H23NO3. The van der Waals surface area contributed by atoms with E-state index in [1.165, 1.54) is 0 Å². The first-order valence-electron chi connectivity index (χ1n) is 6.74. The topological polar surface area (TPSA) is 58.6 Å². The molecule has 0 fully saturated rings. The Morgan fingerprint density at radius 2 is 2.05 bits per heavy atom. The van der Waals surface area contributed by atoms with Crippen molar-refractivity contribution in [2.24, 2.45) is 5.92 Å². The van der Waals surface area contributed by atoms with E-state index in [0.29, 0.717) is 29.3 Å². The number of methoxy groups -OCH3 is 1. The van der Waals surface area contributed by atoms with Crippen molar-refractivity contribution >= 4 is 11.6 Å². The molecule has 0 saturated heterocycles. The summed E-state index contributed by atoms with van der Waals surface area (Å²) in [5.41, 5.74) is 0.962. The molecule has 4 nitrogen and oxygen atoms in total. The lowest BCUT2D eigenvalue weighted by molar-refractivity contribution is -0.113. The lowest BCUT2D eigenvalue weighted by atomic mass is 10.00. The summed E-state index contributed by atoms with van der Waals surface area (Å²) in [6, 6.07) is 7.17. The Hall–Kier alpha value is -1.81. The first kappa shape index (κ1) is 16.2. The van der Waals surface area contributed by atoms with Gasteiger partial charge in [0.2, 0.25) is 0 Å². The molecule has 2 N–H and O–H groups in total. The molecule has 1 atom stereocenters. The Balaban J connectivity index is 2.60. The molecule has 4 heteroatoms. The highest BCUT2D eigenvalue weighted by Gasteiger charge is 2.15. The van der Waals surface area contributed by atoms with Crippen molar-refractivity contribution in [1.29, 1.82) is 0 Å². The molecule has 1 unspecified atom stereocenters. The zero-order valence-corrected chi connectivity index (χ0v) is 12.3. The minimum atomic E-state index is -0.536. The average Bonchev–Trinajstić information content (AvgIpc) is 2.38. The Bertz CT molecular complexity index is 469. The van der Waals surface area contributed by atoms with Gasteiger partial charge in [0.05, 0.1) is 18.9 Å². The Labute approximate surface area is 120 Å². The third kappa shape index (κ3) is 5.05. The first-order chi connectivity index (χ1) is 9.43. The second-order valence-corrected chi connectivity index (χ2v) is 5.25. The number of carbonyl (C=O) groups is 1. The number of anilines is 1.